The summed E-state index contributed by atoms with van der Waals surface area (Å²) in [5.41, 5.74) is 0.308. The van der Waals surface area contributed by atoms with Crippen molar-refractivity contribution in [1.82, 2.24) is 5.01 Å². The van der Waals surface area contributed by atoms with Crippen molar-refractivity contribution >= 4 is 0 Å². The molecule has 0 radical (unpaired) electrons. The van der Waals surface area contributed by atoms with Gasteiger partial charge < -0.3 is 0 Å². The Bertz CT molecular complexity index is 175. The van der Waals surface area contributed by atoms with Gasteiger partial charge in [0.1, 0.15) is 0 Å². The summed E-state index contributed by atoms with van der Waals surface area (Å²) in [5, 5.41) is 1.99. The van der Waals surface area contributed by atoms with Crippen LogP contribution in [0.15, 0.2) is 0 Å². The van der Waals surface area contributed by atoms with Gasteiger partial charge in [-0.25, -0.2) is 5.01 Å². The lowest BCUT2D eigenvalue weighted by atomic mass is 9.64. The first kappa shape index (κ1) is 13.9. The third kappa shape index (κ3) is 2.12. The van der Waals surface area contributed by atoms with E-state index in [9.17, 15) is 0 Å². The lowest BCUT2D eigenvalue weighted by Crippen LogP contribution is -2.60. The molecule has 0 saturated heterocycles. The molecular formula is C12H28N2. The van der Waals surface area contributed by atoms with Crippen molar-refractivity contribution in [2.75, 3.05) is 6.54 Å². The Morgan fingerprint density at radius 1 is 1.14 bits per heavy atom. The second-order valence-electron chi connectivity index (χ2n) is 5.29. The second-order valence-corrected chi connectivity index (χ2v) is 5.29. The maximum atomic E-state index is 6.12. The van der Waals surface area contributed by atoms with E-state index in [4.69, 9.17) is 5.84 Å². The fraction of sp³-hybridized carbons (Fsp3) is 1.00. The van der Waals surface area contributed by atoms with Crippen LogP contribution in [0.25, 0.3) is 0 Å². The molecule has 0 fully saturated rings. The molecule has 0 heterocycles. The van der Waals surface area contributed by atoms with Crippen LogP contribution in [-0.4, -0.2) is 17.1 Å². The summed E-state index contributed by atoms with van der Waals surface area (Å²) >= 11 is 0. The van der Waals surface area contributed by atoms with E-state index in [1.165, 1.54) is 0 Å². The van der Waals surface area contributed by atoms with Crippen LogP contribution >= 0.6 is 0 Å². The number of nitrogens with zero attached hydrogens (tertiary/aromatic N) is 1. The van der Waals surface area contributed by atoms with Crippen molar-refractivity contribution < 1.29 is 0 Å². The summed E-state index contributed by atoms with van der Waals surface area (Å²) in [6, 6.07) is 0. The fourth-order valence-electron chi connectivity index (χ4n) is 2.00. The number of rotatable bonds is 5. The zero-order chi connectivity index (χ0) is 11.6. The molecule has 0 spiro atoms. The molecule has 0 aromatic rings. The first-order valence-corrected chi connectivity index (χ1v) is 5.76. The third-order valence-electron chi connectivity index (χ3n) is 4.49. The van der Waals surface area contributed by atoms with Gasteiger partial charge in [-0.1, -0.05) is 41.5 Å². The number of hydrogen-bond acceptors (Lipinski definition) is 2. The van der Waals surface area contributed by atoms with E-state index in [-0.39, 0.29) is 11.0 Å². The Balaban J connectivity index is 5.02. The van der Waals surface area contributed by atoms with Crippen LogP contribution in [0.5, 0.6) is 0 Å². The van der Waals surface area contributed by atoms with Gasteiger partial charge in [0.25, 0.3) is 0 Å². The largest absolute Gasteiger partial charge is 0.268 e. The van der Waals surface area contributed by atoms with Crippen LogP contribution in [0.2, 0.25) is 0 Å². The summed E-state index contributed by atoms with van der Waals surface area (Å²) in [7, 11) is 0. The van der Waals surface area contributed by atoms with Gasteiger partial charge in [-0.15, -0.1) is 0 Å². The predicted octanol–water partition coefficient (Wildman–Crippen LogP) is 3.03. The minimum absolute atomic E-state index is 0.0793. The second kappa shape index (κ2) is 4.63. The molecule has 2 N–H and O–H groups in total. The van der Waals surface area contributed by atoms with Gasteiger partial charge in [0.05, 0.1) is 0 Å². The molecule has 0 amide bonds. The molecule has 14 heavy (non-hydrogen) atoms. The highest BCUT2D eigenvalue weighted by Gasteiger charge is 2.44. The van der Waals surface area contributed by atoms with Crippen LogP contribution in [0, 0.1) is 11.3 Å². The van der Waals surface area contributed by atoms with Gasteiger partial charge >= 0.3 is 0 Å². The normalized spacial score (nSPS) is 17.6. The quantitative estimate of drug-likeness (QED) is 0.546. The molecule has 2 heteroatoms. The van der Waals surface area contributed by atoms with E-state index in [0.717, 1.165) is 13.0 Å². The molecule has 0 aromatic heterocycles. The maximum Gasteiger partial charge on any atom is 0.0374 e. The summed E-state index contributed by atoms with van der Waals surface area (Å²) < 4.78 is 0. The van der Waals surface area contributed by atoms with E-state index >= 15 is 0 Å². The van der Waals surface area contributed by atoms with E-state index in [2.05, 4.69) is 48.5 Å². The molecule has 0 aromatic carbocycles. The van der Waals surface area contributed by atoms with Gasteiger partial charge in [-0.05, 0) is 24.7 Å². The summed E-state index contributed by atoms with van der Waals surface area (Å²) in [4.78, 5) is 0. The van der Waals surface area contributed by atoms with Crippen LogP contribution < -0.4 is 5.84 Å². The van der Waals surface area contributed by atoms with Crippen molar-refractivity contribution in [1.29, 1.82) is 0 Å². The van der Waals surface area contributed by atoms with Gasteiger partial charge in [0, 0.05) is 12.1 Å². The fourth-order valence-corrected chi connectivity index (χ4v) is 2.00. The van der Waals surface area contributed by atoms with Crippen LogP contribution in [0.4, 0.5) is 0 Å². The van der Waals surface area contributed by atoms with Crippen molar-refractivity contribution in [3.05, 3.63) is 0 Å². The smallest absolute Gasteiger partial charge is 0.0374 e. The van der Waals surface area contributed by atoms with Crippen LogP contribution in [0.3, 0.4) is 0 Å². The molecule has 0 bridgehead atoms. The number of nitrogens with two attached hydrogens (primary N) is 1. The Kier molecular flexibility index (Phi) is 4.60. The molecular weight excluding hydrogens is 172 g/mol. The molecule has 86 valence electrons. The van der Waals surface area contributed by atoms with Gasteiger partial charge in [0.15, 0.2) is 0 Å². The van der Waals surface area contributed by atoms with Gasteiger partial charge in [-0.2, -0.15) is 0 Å². The van der Waals surface area contributed by atoms with Gasteiger partial charge in [0.2, 0.25) is 0 Å². The minimum atomic E-state index is 0.0793. The van der Waals surface area contributed by atoms with Crippen molar-refractivity contribution in [2.45, 2.75) is 60.4 Å². The van der Waals surface area contributed by atoms with Crippen molar-refractivity contribution in [3.63, 3.8) is 0 Å². The highest BCUT2D eigenvalue weighted by molar-refractivity contribution is 4.97. The average Bonchev–Trinajstić information content (AvgIpc) is 2.14. The zero-order valence-corrected chi connectivity index (χ0v) is 11.0. The zero-order valence-electron chi connectivity index (χ0n) is 11.0. The Morgan fingerprint density at radius 3 is 1.79 bits per heavy atom. The van der Waals surface area contributed by atoms with Crippen molar-refractivity contribution in [2.24, 2.45) is 17.2 Å². The summed E-state index contributed by atoms with van der Waals surface area (Å²) in [6.45, 7) is 16.7. The predicted molar refractivity (Wildman–Crippen MR) is 63.9 cm³/mol. The van der Waals surface area contributed by atoms with Crippen LogP contribution in [-0.2, 0) is 0 Å². The topological polar surface area (TPSA) is 29.3 Å². The van der Waals surface area contributed by atoms with E-state index in [1.54, 1.807) is 0 Å². The standard InChI is InChI=1S/C12H28N2/c1-8-12(7,14(13)9-2)11(5,6)10(3)4/h10H,8-9,13H2,1-7H3. The third-order valence-corrected chi connectivity index (χ3v) is 4.49. The molecule has 0 rings (SSSR count). The van der Waals surface area contributed by atoms with Crippen molar-refractivity contribution in [3.8, 4) is 0 Å². The molecule has 2 nitrogen and oxygen atoms in total. The van der Waals surface area contributed by atoms with E-state index in [0.29, 0.717) is 5.92 Å². The molecule has 1 unspecified atom stereocenters. The molecule has 0 aliphatic heterocycles. The maximum absolute atomic E-state index is 6.12. The summed E-state index contributed by atoms with van der Waals surface area (Å²) in [5.74, 6) is 6.75. The van der Waals surface area contributed by atoms with Gasteiger partial charge in [-0.3, -0.25) is 5.84 Å². The molecule has 0 aliphatic carbocycles. The Morgan fingerprint density at radius 2 is 1.57 bits per heavy atom. The molecule has 1 atom stereocenters. The average molecular weight is 200 g/mol. The first-order valence-electron chi connectivity index (χ1n) is 5.76. The lowest BCUT2D eigenvalue weighted by Gasteiger charge is -2.51. The highest BCUT2D eigenvalue weighted by atomic mass is 15.4. The molecule has 0 aliphatic rings. The Labute approximate surface area is 89.8 Å². The van der Waals surface area contributed by atoms with Crippen LogP contribution in [0.1, 0.15) is 54.9 Å². The SMILES string of the molecule is CCN(N)C(C)(CC)C(C)(C)C(C)C. The Hall–Kier alpha value is -0.0800. The minimum Gasteiger partial charge on any atom is -0.268 e. The first-order chi connectivity index (χ1) is 6.24. The number of hydrazine groups is 1. The lowest BCUT2D eigenvalue weighted by molar-refractivity contribution is -0.0326. The van der Waals surface area contributed by atoms with E-state index in [1.807, 2.05) is 5.01 Å². The molecule has 0 saturated carbocycles. The monoisotopic (exact) mass is 200 g/mol. The number of hydrogen-bond donors (Lipinski definition) is 1. The highest BCUT2D eigenvalue weighted by Crippen LogP contribution is 2.42. The van der Waals surface area contributed by atoms with E-state index < -0.39 is 0 Å². The summed E-state index contributed by atoms with van der Waals surface area (Å²) in [6.07, 6.45) is 1.09.